The lowest BCUT2D eigenvalue weighted by atomic mass is 10.1. The van der Waals surface area contributed by atoms with E-state index in [1.165, 1.54) is 18.3 Å². The molecule has 0 unspecified atom stereocenters. The van der Waals surface area contributed by atoms with E-state index in [0.717, 1.165) is 12.1 Å². The normalized spacial score (nSPS) is 10.7. The van der Waals surface area contributed by atoms with Crippen molar-refractivity contribution < 1.29 is 27.4 Å². The van der Waals surface area contributed by atoms with Crippen LogP contribution in [0.15, 0.2) is 37.0 Å². The van der Waals surface area contributed by atoms with Crippen LogP contribution in [-0.4, -0.2) is 17.6 Å². The van der Waals surface area contributed by atoms with Crippen molar-refractivity contribution in [2.24, 2.45) is 0 Å². The Kier molecular flexibility index (Phi) is 5.62. The highest BCUT2D eigenvalue weighted by atomic mass is 19.4. The molecule has 0 bridgehead atoms. The first-order valence-electron chi connectivity index (χ1n) is 7.39. The first-order valence-corrected chi connectivity index (χ1v) is 7.39. The predicted molar refractivity (Wildman–Crippen MR) is 86.5 cm³/mol. The molecule has 0 aliphatic carbocycles. The lowest BCUT2D eigenvalue weighted by molar-refractivity contribution is -0.137. The van der Waals surface area contributed by atoms with Crippen LogP contribution in [0, 0.1) is 11.3 Å². The van der Waals surface area contributed by atoms with Crippen molar-refractivity contribution in [3.05, 3.63) is 59.3 Å². The van der Waals surface area contributed by atoms with Gasteiger partial charge in [0.15, 0.2) is 0 Å². The van der Waals surface area contributed by atoms with Gasteiger partial charge in [-0.25, -0.2) is 9.78 Å². The molecule has 0 spiro atoms. The van der Waals surface area contributed by atoms with E-state index in [2.05, 4.69) is 11.6 Å². The van der Waals surface area contributed by atoms with Crippen molar-refractivity contribution in [3.8, 4) is 17.7 Å². The van der Waals surface area contributed by atoms with Crippen LogP contribution in [0.4, 0.5) is 13.2 Å². The summed E-state index contributed by atoms with van der Waals surface area (Å²) in [6.07, 6.45) is -1.87. The van der Waals surface area contributed by atoms with Crippen molar-refractivity contribution in [3.63, 3.8) is 0 Å². The Morgan fingerprint density at radius 2 is 2.12 bits per heavy atom. The number of rotatable bonds is 5. The molecule has 5 nitrogen and oxygen atoms in total. The highest BCUT2D eigenvalue weighted by Gasteiger charge is 2.31. The zero-order valence-corrected chi connectivity index (χ0v) is 13.6. The van der Waals surface area contributed by atoms with Gasteiger partial charge in [-0.15, -0.1) is 0 Å². The summed E-state index contributed by atoms with van der Waals surface area (Å²) in [7, 11) is 0. The smallest absolute Gasteiger partial charge is 0.416 e. The van der Waals surface area contributed by atoms with Gasteiger partial charge in [-0.05, 0) is 36.8 Å². The second-order valence-electron chi connectivity index (χ2n) is 4.93. The number of pyridine rings is 1. The number of nitrogens with zero attached hydrogens (tertiary/aromatic N) is 2. The van der Waals surface area contributed by atoms with E-state index in [4.69, 9.17) is 14.7 Å². The Balaban J connectivity index is 2.51. The third kappa shape index (κ3) is 4.00. The van der Waals surface area contributed by atoms with Gasteiger partial charge in [0.25, 0.3) is 0 Å². The molecule has 8 heteroatoms. The first-order chi connectivity index (χ1) is 12.3. The van der Waals surface area contributed by atoms with Crippen LogP contribution in [0.3, 0.4) is 0 Å². The van der Waals surface area contributed by atoms with Gasteiger partial charge in [0, 0.05) is 6.20 Å². The van der Waals surface area contributed by atoms with Crippen LogP contribution in [0.5, 0.6) is 11.6 Å². The minimum Gasteiger partial charge on any atom is -0.462 e. The molecule has 2 rings (SSSR count). The molecule has 0 aliphatic heterocycles. The van der Waals surface area contributed by atoms with E-state index in [9.17, 15) is 18.0 Å². The third-order valence-electron chi connectivity index (χ3n) is 3.28. The summed E-state index contributed by atoms with van der Waals surface area (Å²) < 4.78 is 48.8. The molecule has 26 heavy (non-hydrogen) atoms. The molecule has 1 aromatic carbocycles. The number of esters is 1. The molecule has 0 N–H and O–H groups in total. The Labute approximate surface area is 147 Å². The quantitative estimate of drug-likeness (QED) is 0.728. The fraction of sp³-hybridized carbons (Fsp3) is 0.167. The molecule has 0 fully saturated rings. The third-order valence-corrected chi connectivity index (χ3v) is 3.28. The number of hydrogen-bond donors (Lipinski definition) is 0. The van der Waals surface area contributed by atoms with Crippen LogP contribution >= 0.6 is 0 Å². The van der Waals surface area contributed by atoms with Gasteiger partial charge in [-0.1, -0.05) is 12.7 Å². The summed E-state index contributed by atoms with van der Waals surface area (Å²) in [5, 5.41) is 9.12. The molecule has 1 aromatic heterocycles. The van der Waals surface area contributed by atoms with Crippen LogP contribution in [0.1, 0.15) is 34.0 Å². The standard InChI is InChI=1S/C18H13F3N2O3/c1-3-11-7-8-23-16(15(11)17(24)25-4-2)26-14-6-5-13(18(19,20)21)9-12(14)10-22/h3,5-9H,1,4H2,2H3. The number of nitriles is 1. The Morgan fingerprint density at radius 1 is 1.38 bits per heavy atom. The number of aromatic nitrogens is 1. The number of hydrogen-bond acceptors (Lipinski definition) is 5. The van der Waals surface area contributed by atoms with Crippen molar-refractivity contribution in [2.75, 3.05) is 6.61 Å². The van der Waals surface area contributed by atoms with Crippen molar-refractivity contribution in [2.45, 2.75) is 13.1 Å². The van der Waals surface area contributed by atoms with E-state index in [0.29, 0.717) is 11.6 Å². The molecular formula is C18H13F3N2O3. The molecule has 0 radical (unpaired) electrons. The Morgan fingerprint density at radius 3 is 2.69 bits per heavy atom. The molecule has 0 saturated heterocycles. The van der Waals surface area contributed by atoms with Gasteiger partial charge >= 0.3 is 12.1 Å². The number of ether oxygens (including phenoxy) is 2. The summed E-state index contributed by atoms with van der Waals surface area (Å²) in [4.78, 5) is 16.1. The minimum absolute atomic E-state index is 0.0341. The molecule has 0 saturated carbocycles. The zero-order chi connectivity index (χ0) is 19.3. The van der Waals surface area contributed by atoms with E-state index in [1.807, 2.05) is 0 Å². The van der Waals surface area contributed by atoms with Gasteiger partial charge in [0.05, 0.1) is 17.7 Å². The summed E-state index contributed by atoms with van der Waals surface area (Å²) in [6.45, 7) is 5.31. The lowest BCUT2D eigenvalue weighted by Crippen LogP contribution is -2.10. The highest BCUT2D eigenvalue weighted by Crippen LogP contribution is 2.34. The van der Waals surface area contributed by atoms with Crippen LogP contribution in [-0.2, 0) is 10.9 Å². The molecule has 1 heterocycles. The van der Waals surface area contributed by atoms with E-state index in [1.54, 1.807) is 13.0 Å². The van der Waals surface area contributed by atoms with Gasteiger partial charge in [0.2, 0.25) is 5.88 Å². The summed E-state index contributed by atoms with van der Waals surface area (Å²) >= 11 is 0. The largest absolute Gasteiger partial charge is 0.462 e. The molecule has 0 amide bonds. The summed E-state index contributed by atoms with van der Waals surface area (Å²) in [6, 6.07) is 5.58. The van der Waals surface area contributed by atoms with Crippen molar-refractivity contribution in [1.29, 1.82) is 5.26 Å². The number of benzene rings is 1. The molecule has 0 aliphatic rings. The Hall–Kier alpha value is -3.34. The zero-order valence-electron chi connectivity index (χ0n) is 13.6. The van der Waals surface area contributed by atoms with E-state index >= 15 is 0 Å². The average molecular weight is 362 g/mol. The van der Waals surface area contributed by atoms with Gasteiger partial charge < -0.3 is 9.47 Å². The van der Waals surface area contributed by atoms with Crippen LogP contribution in [0.2, 0.25) is 0 Å². The maximum Gasteiger partial charge on any atom is 0.416 e. The van der Waals surface area contributed by atoms with Gasteiger partial charge in [0.1, 0.15) is 17.4 Å². The Bertz CT molecular complexity index is 886. The van der Waals surface area contributed by atoms with Crippen LogP contribution in [0.25, 0.3) is 6.08 Å². The van der Waals surface area contributed by atoms with E-state index in [-0.39, 0.29) is 29.4 Å². The van der Waals surface area contributed by atoms with E-state index < -0.39 is 17.7 Å². The minimum atomic E-state index is -4.60. The predicted octanol–water partition coefficient (Wildman–Crippen LogP) is 4.58. The topological polar surface area (TPSA) is 72.2 Å². The fourth-order valence-electron chi connectivity index (χ4n) is 2.10. The molecule has 2 aromatic rings. The fourth-order valence-corrected chi connectivity index (χ4v) is 2.10. The number of halogens is 3. The van der Waals surface area contributed by atoms with Gasteiger partial charge in [-0.3, -0.25) is 0 Å². The highest BCUT2D eigenvalue weighted by molar-refractivity contribution is 5.96. The summed E-state index contributed by atoms with van der Waals surface area (Å²) in [5.41, 5.74) is -0.993. The number of alkyl halides is 3. The SMILES string of the molecule is C=Cc1ccnc(Oc2ccc(C(F)(F)F)cc2C#N)c1C(=O)OCC. The molecular weight excluding hydrogens is 349 g/mol. The van der Waals surface area contributed by atoms with Gasteiger partial charge in [-0.2, -0.15) is 18.4 Å². The maximum absolute atomic E-state index is 12.8. The number of carbonyl (C=O) groups excluding carboxylic acids is 1. The van der Waals surface area contributed by atoms with Crippen molar-refractivity contribution in [1.82, 2.24) is 4.98 Å². The number of carbonyl (C=O) groups is 1. The second-order valence-corrected chi connectivity index (χ2v) is 4.93. The maximum atomic E-state index is 12.8. The summed E-state index contributed by atoms with van der Waals surface area (Å²) in [5.74, 6) is -1.09. The van der Waals surface area contributed by atoms with Crippen LogP contribution < -0.4 is 4.74 Å². The molecule has 0 atom stereocenters. The second kappa shape index (κ2) is 7.70. The monoisotopic (exact) mass is 362 g/mol. The van der Waals surface area contributed by atoms with Crippen molar-refractivity contribution >= 4 is 12.0 Å². The lowest BCUT2D eigenvalue weighted by Gasteiger charge is -2.13. The first kappa shape index (κ1) is 19.0. The molecule has 134 valence electrons. The average Bonchev–Trinajstić information content (AvgIpc) is 2.61.